The van der Waals surface area contributed by atoms with E-state index in [1.54, 1.807) is 19.2 Å². The summed E-state index contributed by atoms with van der Waals surface area (Å²) in [6.45, 7) is 2.05. The fourth-order valence-electron chi connectivity index (χ4n) is 1.83. The largest absolute Gasteiger partial charge is 0.496 e. The number of nitrogens with one attached hydrogen (secondary N) is 1. The van der Waals surface area contributed by atoms with Crippen molar-refractivity contribution >= 4 is 21.6 Å². The van der Waals surface area contributed by atoms with Crippen LogP contribution in [0.5, 0.6) is 5.75 Å². The summed E-state index contributed by atoms with van der Waals surface area (Å²) in [5, 5.41) is 3.32. The fourth-order valence-corrected chi connectivity index (χ4v) is 2.39. The van der Waals surface area contributed by atoms with Crippen molar-refractivity contribution in [1.82, 2.24) is 0 Å². The smallest absolute Gasteiger partial charge is 0.133 e. The molecule has 2 aromatic rings. The van der Waals surface area contributed by atoms with Crippen molar-refractivity contribution in [2.24, 2.45) is 0 Å². The van der Waals surface area contributed by atoms with Crippen LogP contribution in [-0.2, 0) is 0 Å². The number of methoxy groups -OCH3 is 1. The van der Waals surface area contributed by atoms with Crippen molar-refractivity contribution in [3.63, 3.8) is 0 Å². The van der Waals surface area contributed by atoms with Crippen LogP contribution in [0, 0.1) is 5.82 Å². The van der Waals surface area contributed by atoms with Crippen molar-refractivity contribution in [1.29, 1.82) is 0 Å². The average molecular weight is 324 g/mol. The van der Waals surface area contributed by atoms with E-state index in [9.17, 15) is 4.39 Å². The van der Waals surface area contributed by atoms with E-state index >= 15 is 0 Å². The second-order valence-corrected chi connectivity index (χ2v) is 5.12. The molecule has 0 spiro atoms. The van der Waals surface area contributed by atoms with Gasteiger partial charge < -0.3 is 10.1 Å². The summed E-state index contributed by atoms with van der Waals surface area (Å²) in [4.78, 5) is 0. The third kappa shape index (κ3) is 3.47. The lowest BCUT2D eigenvalue weighted by Crippen LogP contribution is -2.06. The third-order valence-electron chi connectivity index (χ3n) is 2.90. The molecule has 2 rings (SSSR count). The van der Waals surface area contributed by atoms with Gasteiger partial charge in [0.05, 0.1) is 11.6 Å². The van der Waals surface area contributed by atoms with Crippen molar-refractivity contribution in [2.45, 2.75) is 13.0 Å². The Balaban J connectivity index is 2.13. The number of hydrogen-bond donors (Lipinski definition) is 1. The maximum absolute atomic E-state index is 12.8. The van der Waals surface area contributed by atoms with Crippen LogP contribution in [0.1, 0.15) is 18.5 Å². The molecule has 0 saturated heterocycles. The molecule has 0 saturated carbocycles. The molecule has 2 nitrogen and oxygen atoms in total. The Hall–Kier alpha value is -1.55. The van der Waals surface area contributed by atoms with Crippen LogP contribution < -0.4 is 10.1 Å². The van der Waals surface area contributed by atoms with Crippen LogP contribution in [0.3, 0.4) is 0 Å². The lowest BCUT2D eigenvalue weighted by molar-refractivity contribution is 0.412. The Morgan fingerprint density at radius 3 is 2.42 bits per heavy atom. The molecule has 0 radical (unpaired) electrons. The molecule has 0 amide bonds. The van der Waals surface area contributed by atoms with Gasteiger partial charge in [-0.2, -0.15) is 0 Å². The summed E-state index contributed by atoms with van der Waals surface area (Å²) in [6, 6.07) is 12.4. The first-order valence-electron chi connectivity index (χ1n) is 5.95. The van der Waals surface area contributed by atoms with Gasteiger partial charge in [0.25, 0.3) is 0 Å². The molecule has 19 heavy (non-hydrogen) atoms. The van der Waals surface area contributed by atoms with Gasteiger partial charge in [0.15, 0.2) is 0 Å². The summed E-state index contributed by atoms with van der Waals surface area (Å²) < 4.78 is 19.0. The lowest BCUT2D eigenvalue weighted by atomic mass is 10.1. The first kappa shape index (κ1) is 13.9. The molecular weight excluding hydrogens is 309 g/mol. The van der Waals surface area contributed by atoms with E-state index in [1.165, 1.54) is 12.1 Å². The van der Waals surface area contributed by atoms with E-state index in [-0.39, 0.29) is 11.9 Å². The molecule has 0 aliphatic carbocycles. The third-order valence-corrected chi connectivity index (χ3v) is 3.52. The van der Waals surface area contributed by atoms with Gasteiger partial charge in [0.1, 0.15) is 11.6 Å². The van der Waals surface area contributed by atoms with Crippen LogP contribution in [0.4, 0.5) is 10.1 Å². The summed E-state index contributed by atoms with van der Waals surface area (Å²) in [5.74, 6) is 0.572. The minimum Gasteiger partial charge on any atom is -0.496 e. The minimum atomic E-state index is -0.231. The number of benzene rings is 2. The van der Waals surface area contributed by atoms with E-state index in [2.05, 4.69) is 28.2 Å². The highest BCUT2D eigenvalue weighted by molar-refractivity contribution is 9.10. The van der Waals surface area contributed by atoms with E-state index in [1.807, 2.05) is 18.2 Å². The topological polar surface area (TPSA) is 21.3 Å². The van der Waals surface area contributed by atoms with Gasteiger partial charge in [0.2, 0.25) is 0 Å². The van der Waals surface area contributed by atoms with Crippen molar-refractivity contribution < 1.29 is 9.13 Å². The molecule has 4 heteroatoms. The normalized spacial score (nSPS) is 12.0. The highest BCUT2D eigenvalue weighted by Gasteiger charge is 2.08. The zero-order valence-corrected chi connectivity index (χ0v) is 12.4. The van der Waals surface area contributed by atoms with Crippen LogP contribution in [-0.4, -0.2) is 7.11 Å². The molecule has 1 N–H and O–H groups in total. The minimum absolute atomic E-state index is 0.118. The van der Waals surface area contributed by atoms with E-state index < -0.39 is 0 Å². The highest BCUT2D eigenvalue weighted by Crippen LogP contribution is 2.29. The number of rotatable bonds is 4. The van der Waals surface area contributed by atoms with Crippen molar-refractivity contribution in [3.05, 3.63) is 58.3 Å². The zero-order chi connectivity index (χ0) is 13.8. The average Bonchev–Trinajstić information content (AvgIpc) is 2.41. The monoisotopic (exact) mass is 323 g/mol. The molecule has 0 aliphatic heterocycles. The van der Waals surface area contributed by atoms with Gasteiger partial charge in [-0.25, -0.2) is 4.39 Å². The molecule has 0 heterocycles. The van der Waals surface area contributed by atoms with Crippen LogP contribution in [0.25, 0.3) is 0 Å². The Bertz CT molecular complexity index is 557. The number of hydrogen-bond acceptors (Lipinski definition) is 2. The SMILES string of the molecule is COc1ccc(C(C)Nc2ccc(F)cc2)cc1Br. The first-order valence-corrected chi connectivity index (χ1v) is 6.75. The Kier molecular flexibility index (Phi) is 4.43. The molecule has 1 unspecified atom stereocenters. The Morgan fingerprint density at radius 2 is 1.84 bits per heavy atom. The lowest BCUT2D eigenvalue weighted by Gasteiger charge is -2.16. The summed E-state index contributed by atoms with van der Waals surface area (Å²) in [5.41, 5.74) is 2.01. The Morgan fingerprint density at radius 1 is 1.16 bits per heavy atom. The quantitative estimate of drug-likeness (QED) is 0.875. The molecular formula is C15H15BrFNO. The van der Waals surface area contributed by atoms with Crippen molar-refractivity contribution in [2.75, 3.05) is 12.4 Å². The summed E-state index contributed by atoms with van der Waals surface area (Å²) >= 11 is 3.47. The van der Waals surface area contributed by atoms with Crippen LogP contribution >= 0.6 is 15.9 Å². The van der Waals surface area contributed by atoms with E-state index in [4.69, 9.17) is 4.74 Å². The summed E-state index contributed by atoms with van der Waals surface area (Å²) in [7, 11) is 1.64. The molecule has 0 aliphatic rings. The summed E-state index contributed by atoms with van der Waals surface area (Å²) in [6.07, 6.45) is 0. The maximum Gasteiger partial charge on any atom is 0.133 e. The van der Waals surface area contributed by atoms with Gasteiger partial charge in [0, 0.05) is 11.7 Å². The molecule has 1 atom stereocenters. The van der Waals surface area contributed by atoms with Crippen molar-refractivity contribution in [3.8, 4) is 5.75 Å². The van der Waals surface area contributed by atoms with Gasteiger partial charge in [-0.05, 0) is 64.8 Å². The second-order valence-electron chi connectivity index (χ2n) is 4.27. The highest BCUT2D eigenvalue weighted by atomic mass is 79.9. The number of ether oxygens (including phenoxy) is 1. The second kappa shape index (κ2) is 6.06. The van der Waals surface area contributed by atoms with Gasteiger partial charge >= 0.3 is 0 Å². The van der Waals surface area contributed by atoms with Crippen LogP contribution in [0.15, 0.2) is 46.9 Å². The molecule has 100 valence electrons. The predicted molar refractivity (Wildman–Crippen MR) is 79.1 cm³/mol. The zero-order valence-electron chi connectivity index (χ0n) is 10.8. The molecule has 0 aromatic heterocycles. The molecule has 2 aromatic carbocycles. The molecule has 0 bridgehead atoms. The van der Waals surface area contributed by atoms with E-state index in [0.29, 0.717) is 0 Å². The van der Waals surface area contributed by atoms with Gasteiger partial charge in [-0.15, -0.1) is 0 Å². The molecule has 0 fully saturated rings. The standard InChI is InChI=1S/C15H15BrFNO/c1-10(18-13-6-4-12(17)5-7-13)11-3-8-15(19-2)14(16)9-11/h3-10,18H,1-2H3. The Labute approximate surface area is 120 Å². The number of anilines is 1. The maximum atomic E-state index is 12.8. The van der Waals surface area contributed by atoms with Gasteiger partial charge in [-0.3, -0.25) is 0 Å². The van der Waals surface area contributed by atoms with Gasteiger partial charge in [-0.1, -0.05) is 6.07 Å². The number of halogens is 2. The van der Waals surface area contributed by atoms with E-state index in [0.717, 1.165) is 21.5 Å². The fraction of sp³-hybridized carbons (Fsp3) is 0.200. The predicted octanol–water partition coefficient (Wildman–Crippen LogP) is 4.77. The van der Waals surface area contributed by atoms with Crippen LogP contribution in [0.2, 0.25) is 0 Å². The first-order chi connectivity index (χ1) is 9.10.